The summed E-state index contributed by atoms with van der Waals surface area (Å²) in [4.78, 5) is 39.0. The van der Waals surface area contributed by atoms with Crippen LogP contribution in [0.1, 0.15) is 15.9 Å². The van der Waals surface area contributed by atoms with Gasteiger partial charge < -0.3 is 10.6 Å². The number of benzene rings is 2. The first-order chi connectivity index (χ1) is 16.1. The zero-order valence-electron chi connectivity index (χ0n) is 17.4. The minimum Gasteiger partial charge on any atom is -0.387 e. The molecule has 4 amide bonds. The number of carbonyl (C=O) groups excluding carboxylic acids is 3. The van der Waals surface area contributed by atoms with Gasteiger partial charge in [0.2, 0.25) is 5.91 Å². The molecule has 2 heterocycles. The summed E-state index contributed by atoms with van der Waals surface area (Å²) < 4.78 is 27.2. The number of hydrogen-bond acceptors (Lipinski definition) is 7. The molecule has 0 unspecified atom stereocenters. The Hall–Kier alpha value is -2.93. The van der Waals surface area contributed by atoms with Crippen LogP contribution < -0.4 is 20.3 Å². The maximum atomic E-state index is 13.0. The summed E-state index contributed by atoms with van der Waals surface area (Å²) in [5.41, 5.74) is 2.39. The van der Waals surface area contributed by atoms with E-state index in [0.29, 0.717) is 21.3 Å². The number of nitrogens with zero attached hydrogens (tertiary/aromatic N) is 1. The van der Waals surface area contributed by atoms with Gasteiger partial charge in [-0.15, -0.1) is 11.3 Å². The average molecular weight is 584 g/mol. The van der Waals surface area contributed by atoms with Crippen LogP contribution in [-0.4, -0.2) is 33.3 Å². The third kappa shape index (κ3) is 4.80. The third-order valence-electron chi connectivity index (χ3n) is 4.91. The van der Waals surface area contributed by atoms with E-state index in [-0.39, 0.29) is 26.6 Å². The van der Waals surface area contributed by atoms with Crippen molar-refractivity contribution in [1.82, 2.24) is 4.72 Å². The van der Waals surface area contributed by atoms with Gasteiger partial charge in [0.05, 0.1) is 16.4 Å². The zero-order chi connectivity index (χ0) is 24.6. The number of amides is 4. The van der Waals surface area contributed by atoms with Crippen LogP contribution in [0.25, 0.3) is 0 Å². The van der Waals surface area contributed by atoms with Crippen molar-refractivity contribution in [1.29, 1.82) is 0 Å². The van der Waals surface area contributed by atoms with E-state index in [9.17, 15) is 22.8 Å². The lowest BCUT2D eigenvalue weighted by molar-refractivity contribution is -0.117. The van der Waals surface area contributed by atoms with Crippen LogP contribution in [0.15, 0.2) is 57.2 Å². The van der Waals surface area contributed by atoms with Crippen molar-refractivity contribution in [3.8, 4) is 0 Å². The van der Waals surface area contributed by atoms with Crippen molar-refractivity contribution >= 4 is 83.8 Å². The maximum Gasteiger partial charge on any atom is 0.333 e. The molecule has 0 saturated carbocycles. The van der Waals surface area contributed by atoms with E-state index in [1.165, 1.54) is 36.4 Å². The number of fused-ring (bicyclic) bond motifs is 1. The molecule has 0 bridgehead atoms. The molecule has 0 saturated heterocycles. The Morgan fingerprint density at radius 2 is 1.82 bits per heavy atom. The Bertz CT molecular complexity index is 1420. The molecule has 3 N–H and O–H groups in total. The Kier molecular flexibility index (Phi) is 6.67. The predicted octanol–water partition coefficient (Wildman–Crippen LogP) is 4.45. The van der Waals surface area contributed by atoms with E-state index in [1.54, 1.807) is 19.2 Å². The summed E-state index contributed by atoms with van der Waals surface area (Å²) in [6.07, 6.45) is 0.0516. The molecule has 176 valence electrons. The maximum absolute atomic E-state index is 13.0. The van der Waals surface area contributed by atoms with Crippen LogP contribution in [0, 0.1) is 0 Å². The highest BCUT2D eigenvalue weighted by atomic mass is 79.9. The topological polar surface area (TPSA) is 125 Å². The smallest absolute Gasteiger partial charge is 0.333 e. The molecule has 1 aromatic heterocycles. The minimum absolute atomic E-state index is 0.0516. The predicted molar refractivity (Wildman–Crippen MR) is 134 cm³/mol. The Labute approximate surface area is 212 Å². The molecule has 1 aliphatic heterocycles. The van der Waals surface area contributed by atoms with E-state index in [2.05, 4.69) is 26.6 Å². The highest BCUT2D eigenvalue weighted by Crippen LogP contribution is 2.32. The van der Waals surface area contributed by atoms with Gasteiger partial charge in [0.1, 0.15) is 4.21 Å². The van der Waals surface area contributed by atoms with Crippen LogP contribution in [-0.2, 0) is 21.2 Å². The second-order valence-electron chi connectivity index (χ2n) is 7.12. The lowest BCUT2D eigenvalue weighted by atomic mass is 9.97. The zero-order valence-corrected chi connectivity index (χ0v) is 21.4. The molecular weight excluding hydrogens is 568 g/mol. The molecule has 9 nitrogen and oxygen atoms in total. The first-order valence-electron chi connectivity index (χ1n) is 9.65. The van der Waals surface area contributed by atoms with Gasteiger partial charge in [-0.2, -0.15) is 0 Å². The normalized spacial score (nSPS) is 13.4. The molecule has 0 radical (unpaired) electrons. The average Bonchev–Trinajstić information content (AvgIpc) is 3.22. The Balaban J connectivity index is 1.49. The first kappa shape index (κ1) is 24.2. The number of halogens is 2. The SMILES string of the molecule is CNc1cc2c(cc1Br)C(=O)N(c1ccc(NC(=O)NS(=O)(=O)c3ccc(Cl)s3)cc1)C(=O)C2. The molecule has 4 rings (SSSR count). The molecule has 0 aliphatic carbocycles. The van der Waals surface area contributed by atoms with Crippen LogP contribution in [0.4, 0.5) is 21.9 Å². The van der Waals surface area contributed by atoms with Gasteiger partial charge in [-0.25, -0.2) is 22.8 Å². The number of carbonyl (C=O) groups is 3. The highest BCUT2D eigenvalue weighted by Gasteiger charge is 2.33. The number of rotatable bonds is 5. The number of thiophene rings is 1. The summed E-state index contributed by atoms with van der Waals surface area (Å²) >= 11 is 9.98. The highest BCUT2D eigenvalue weighted by molar-refractivity contribution is 9.10. The molecule has 13 heteroatoms. The quantitative estimate of drug-likeness (QED) is 0.381. The Morgan fingerprint density at radius 3 is 2.44 bits per heavy atom. The van der Waals surface area contributed by atoms with E-state index >= 15 is 0 Å². The fourth-order valence-electron chi connectivity index (χ4n) is 3.36. The number of nitrogens with one attached hydrogen (secondary N) is 3. The van der Waals surface area contributed by atoms with Crippen LogP contribution in [0.3, 0.4) is 0 Å². The molecule has 1 aliphatic rings. The molecule has 3 aromatic rings. The summed E-state index contributed by atoms with van der Waals surface area (Å²) in [6, 6.07) is 11.1. The first-order valence-corrected chi connectivity index (χ1v) is 13.1. The second kappa shape index (κ2) is 9.37. The van der Waals surface area contributed by atoms with Gasteiger partial charge in [0, 0.05) is 28.5 Å². The second-order valence-corrected chi connectivity index (χ2v) is 11.6. The van der Waals surface area contributed by atoms with Gasteiger partial charge in [0.15, 0.2) is 0 Å². The number of urea groups is 1. The van der Waals surface area contributed by atoms with E-state index in [1.807, 2.05) is 4.72 Å². The van der Waals surface area contributed by atoms with E-state index < -0.39 is 22.0 Å². The largest absolute Gasteiger partial charge is 0.387 e. The number of sulfonamides is 1. The lowest BCUT2D eigenvalue weighted by Gasteiger charge is -2.27. The number of hydrogen-bond donors (Lipinski definition) is 3. The molecule has 34 heavy (non-hydrogen) atoms. The minimum atomic E-state index is -4.07. The summed E-state index contributed by atoms with van der Waals surface area (Å²) in [5.74, 6) is -0.852. The standard InChI is InChI=1S/C21H16BrClN4O5S2/c1-24-16-8-11-9-18(28)27(20(29)14(11)10-15(16)22)13-4-2-12(3-5-13)25-21(30)26-34(31,32)19-7-6-17(23)33-19/h2-8,10,24H,9H2,1H3,(H2,25,26,30). The summed E-state index contributed by atoms with van der Waals surface area (Å²) in [7, 11) is -2.33. The molecular formula is C21H16BrClN4O5S2. The van der Waals surface area contributed by atoms with Crippen molar-refractivity contribution in [3.63, 3.8) is 0 Å². The number of anilines is 3. The van der Waals surface area contributed by atoms with Gasteiger partial charge in [-0.05, 0) is 70.0 Å². The van der Waals surface area contributed by atoms with E-state index in [4.69, 9.17) is 11.6 Å². The third-order valence-corrected chi connectivity index (χ3v) is 8.62. The molecule has 0 fully saturated rings. The van der Waals surface area contributed by atoms with Gasteiger partial charge in [-0.1, -0.05) is 11.6 Å². The van der Waals surface area contributed by atoms with Crippen molar-refractivity contribution in [3.05, 3.63) is 68.5 Å². The van der Waals surface area contributed by atoms with Gasteiger partial charge in [-0.3, -0.25) is 9.59 Å². The van der Waals surface area contributed by atoms with Crippen molar-refractivity contribution in [2.45, 2.75) is 10.6 Å². The molecule has 0 spiro atoms. The van der Waals surface area contributed by atoms with Crippen LogP contribution in [0.5, 0.6) is 0 Å². The summed E-state index contributed by atoms with van der Waals surface area (Å²) in [5, 5.41) is 5.40. The van der Waals surface area contributed by atoms with Crippen LogP contribution >= 0.6 is 38.9 Å². The fourth-order valence-corrected chi connectivity index (χ4v) is 6.29. The Morgan fingerprint density at radius 1 is 1.12 bits per heavy atom. The number of imide groups is 1. The molecule has 2 aromatic carbocycles. The molecule has 0 atom stereocenters. The fraction of sp³-hybridized carbons (Fsp3) is 0.0952. The van der Waals surface area contributed by atoms with Crippen molar-refractivity contribution in [2.75, 3.05) is 22.6 Å². The van der Waals surface area contributed by atoms with Crippen molar-refractivity contribution in [2.24, 2.45) is 0 Å². The van der Waals surface area contributed by atoms with Gasteiger partial charge in [0.25, 0.3) is 15.9 Å². The van der Waals surface area contributed by atoms with Crippen molar-refractivity contribution < 1.29 is 22.8 Å². The monoisotopic (exact) mass is 582 g/mol. The van der Waals surface area contributed by atoms with E-state index in [0.717, 1.165) is 21.9 Å². The van der Waals surface area contributed by atoms with Gasteiger partial charge >= 0.3 is 6.03 Å². The summed E-state index contributed by atoms with van der Waals surface area (Å²) in [6.45, 7) is 0. The lowest BCUT2D eigenvalue weighted by Crippen LogP contribution is -2.42. The van der Waals surface area contributed by atoms with Crippen LogP contribution in [0.2, 0.25) is 4.34 Å².